The minimum atomic E-state index is -3.45. The molecular weight excluding hydrogens is 427 g/mol. The molecule has 132 valence electrons. The molecule has 0 atom stereocenters. The van der Waals surface area contributed by atoms with Crippen molar-refractivity contribution in [3.8, 4) is 0 Å². The standard InChI is InChI=1S/C15H26N4O2S.HI/c1-4-16-15(18-12-13(2)3)17-10-11-19-22(20,21)14-8-6-5-7-9-14;/h5-9,13,19H,4,10-12H2,1-3H3,(H2,16,17,18);1H. The molecule has 0 aliphatic rings. The van der Waals surface area contributed by atoms with Crippen molar-refractivity contribution < 1.29 is 8.42 Å². The van der Waals surface area contributed by atoms with Gasteiger partial charge in [0.25, 0.3) is 0 Å². The maximum Gasteiger partial charge on any atom is 0.240 e. The van der Waals surface area contributed by atoms with Gasteiger partial charge in [-0.2, -0.15) is 0 Å². The Kier molecular flexibility index (Phi) is 11.2. The minimum Gasteiger partial charge on any atom is -0.357 e. The van der Waals surface area contributed by atoms with Gasteiger partial charge in [-0.1, -0.05) is 32.0 Å². The van der Waals surface area contributed by atoms with E-state index in [1.54, 1.807) is 30.3 Å². The van der Waals surface area contributed by atoms with E-state index >= 15 is 0 Å². The molecule has 3 N–H and O–H groups in total. The van der Waals surface area contributed by atoms with Crippen molar-refractivity contribution in [2.75, 3.05) is 26.2 Å². The fourth-order valence-corrected chi connectivity index (χ4v) is 2.72. The molecular formula is C15H27IN4O2S. The van der Waals surface area contributed by atoms with Crippen molar-refractivity contribution in [3.05, 3.63) is 30.3 Å². The van der Waals surface area contributed by atoms with E-state index in [0.717, 1.165) is 13.1 Å². The van der Waals surface area contributed by atoms with Gasteiger partial charge >= 0.3 is 0 Å². The van der Waals surface area contributed by atoms with E-state index in [2.05, 4.69) is 34.2 Å². The van der Waals surface area contributed by atoms with Gasteiger partial charge in [-0.15, -0.1) is 24.0 Å². The van der Waals surface area contributed by atoms with E-state index in [-0.39, 0.29) is 28.9 Å². The first-order valence-corrected chi connectivity index (χ1v) is 9.01. The smallest absolute Gasteiger partial charge is 0.240 e. The molecule has 0 bridgehead atoms. The lowest BCUT2D eigenvalue weighted by Gasteiger charge is -2.12. The summed E-state index contributed by atoms with van der Waals surface area (Å²) in [6.45, 7) is 8.44. The lowest BCUT2D eigenvalue weighted by Crippen LogP contribution is -2.41. The van der Waals surface area contributed by atoms with E-state index in [1.807, 2.05) is 6.92 Å². The van der Waals surface area contributed by atoms with Gasteiger partial charge in [0.2, 0.25) is 10.0 Å². The Labute approximate surface area is 156 Å². The van der Waals surface area contributed by atoms with Gasteiger partial charge in [-0.3, -0.25) is 4.99 Å². The van der Waals surface area contributed by atoms with Crippen LogP contribution in [0.3, 0.4) is 0 Å². The molecule has 0 saturated heterocycles. The molecule has 8 heteroatoms. The van der Waals surface area contributed by atoms with Crippen molar-refractivity contribution >= 4 is 40.0 Å². The highest BCUT2D eigenvalue weighted by molar-refractivity contribution is 14.0. The van der Waals surface area contributed by atoms with Crippen LogP contribution in [0.1, 0.15) is 20.8 Å². The van der Waals surface area contributed by atoms with Gasteiger partial charge in [0.1, 0.15) is 0 Å². The quantitative estimate of drug-likeness (QED) is 0.242. The monoisotopic (exact) mass is 454 g/mol. The van der Waals surface area contributed by atoms with Crippen LogP contribution in [-0.2, 0) is 10.0 Å². The van der Waals surface area contributed by atoms with Crippen LogP contribution in [0, 0.1) is 5.92 Å². The van der Waals surface area contributed by atoms with Crippen LogP contribution < -0.4 is 15.4 Å². The van der Waals surface area contributed by atoms with E-state index in [1.165, 1.54) is 0 Å². The van der Waals surface area contributed by atoms with Gasteiger partial charge in [0, 0.05) is 26.2 Å². The third-order valence-electron chi connectivity index (χ3n) is 2.72. The summed E-state index contributed by atoms with van der Waals surface area (Å²) in [6, 6.07) is 8.34. The number of benzene rings is 1. The summed E-state index contributed by atoms with van der Waals surface area (Å²) in [5.74, 6) is 1.18. The number of hydrogen-bond acceptors (Lipinski definition) is 3. The predicted molar refractivity (Wildman–Crippen MR) is 106 cm³/mol. The average molecular weight is 454 g/mol. The van der Waals surface area contributed by atoms with Crippen molar-refractivity contribution in [1.82, 2.24) is 15.4 Å². The zero-order valence-corrected chi connectivity index (χ0v) is 17.0. The summed E-state index contributed by atoms with van der Waals surface area (Å²) in [5, 5.41) is 6.24. The molecule has 0 fully saturated rings. The Hall–Kier alpha value is -0.870. The molecule has 6 nitrogen and oxygen atoms in total. The van der Waals surface area contributed by atoms with E-state index in [4.69, 9.17) is 0 Å². The molecule has 0 aliphatic heterocycles. The number of aliphatic imine (C=N–C) groups is 1. The van der Waals surface area contributed by atoms with Crippen LogP contribution in [0.2, 0.25) is 0 Å². The minimum absolute atomic E-state index is 0. The SMILES string of the molecule is CCNC(=NCC(C)C)NCCNS(=O)(=O)c1ccccc1.I. The van der Waals surface area contributed by atoms with Crippen molar-refractivity contribution in [1.29, 1.82) is 0 Å². The van der Waals surface area contributed by atoms with Crippen LogP contribution in [-0.4, -0.2) is 40.6 Å². The number of nitrogens with one attached hydrogen (secondary N) is 3. The van der Waals surface area contributed by atoms with E-state index in [0.29, 0.717) is 25.0 Å². The van der Waals surface area contributed by atoms with Gasteiger partial charge < -0.3 is 10.6 Å². The fraction of sp³-hybridized carbons (Fsp3) is 0.533. The van der Waals surface area contributed by atoms with E-state index < -0.39 is 10.0 Å². The summed E-state index contributed by atoms with van der Waals surface area (Å²) < 4.78 is 26.6. The van der Waals surface area contributed by atoms with Crippen LogP contribution in [0.5, 0.6) is 0 Å². The maximum atomic E-state index is 12.0. The van der Waals surface area contributed by atoms with Crippen LogP contribution in [0.15, 0.2) is 40.2 Å². The van der Waals surface area contributed by atoms with Gasteiger partial charge in [0.05, 0.1) is 4.90 Å². The molecule has 1 aromatic carbocycles. The van der Waals surface area contributed by atoms with Crippen LogP contribution >= 0.6 is 24.0 Å². The van der Waals surface area contributed by atoms with Gasteiger partial charge in [-0.25, -0.2) is 13.1 Å². The molecule has 0 heterocycles. The molecule has 0 radical (unpaired) electrons. The molecule has 0 aliphatic carbocycles. The Morgan fingerprint density at radius 3 is 2.35 bits per heavy atom. The second-order valence-electron chi connectivity index (χ2n) is 5.25. The number of guanidine groups is 1. The summed E-state index contributed by atoms with van der Waals surface area (Å²) >= 11 is 0. The molecule has 0 saturated carbocycles. The van der Waals surface area contributed by atoms with Gasteiger partial charge in [-0.05, 0) is 25.0 Å². The lowest BCUT2D eigenvalue weighted by molar-refractivity contribution is 0.580. The van der Waals surface area contributed by atoms with Crippen molar-refractivity contribution in [2.24, 2.45) is 10.9 Å². The van der Waals surface area contributed by atoms with E-state index in [9.17, 15) is 8.42 Å². The number of halogens is 1. The fourth-order valence-electron chi connectivity index (χ4n) is 1.66. The van der Waals surface area contributed by atoms with Crippen LogP contribution in [0.4, 0.5) is 0 Å². The summed E-state index contributed by atoms with van der Waals surface area (Å²) in [4.78, 5) is 4.70. The first-order valence-electron chi connectivity index (χ1n) is 7.52. The molecule has 0 unspecified atom stereocenters. The summed E-state index contributed by atoms with van der Waals surface area (Å²) in [5.41, 5.74) is 0. The Balaban J connectivity index is 0.00000484. The topological polar surface area (TPSA) is 82.6 Å². The summed E-state index contributed by atoms with van der Waals surface area (Å²) in [6.07, 6.45) is 0. The normalized spacial score (nSPS) is 11.9. The molecule has 0 aromatic heterocycles. The molecule has 1 aromatic rings. The third kappa shape index (κ3) is 9.11. The highest BCUT2D eigenvalue weighted by Crippen LogP contribution is 2.06. The predicted octanol–water partition coefficient (Wildman–Crippen LogP) is 1.79. The zero-order chi connectivity index (χ0) is 16.4. The number of rotatable bonds is 8. The molecule has 0 spiro atoms. The number of nitrogens with zero attached hydrogens (tertiary/aromatic N) is 1. The second kappa shape index (κ2) is 11.6. The first-order chi connectivity index (χ1) is 10.5. The number of sulfonamides is 1. The molecule has 23 heavy (non-hydrogen) atoms. The number of hydrogen-bond donors (Lipinski definition) is 3. The third-order valence-corrected chi connectivity index (χ3v) is 4.20. The zero-order valence-electron chi connectivity index (χ0n) is 13.9. The van der Waals surface area contributed by atoms with Crippen molar-refractivity contribution in [2.45, 2.75) is 25.7 Å². The Morgan fingerprint density at radius 2 is 1.78 bits per heavy atom. The average Bonchev–Trinajstić information content (AvgIpc) is 2.49. The molecule has 0 amide bonds. The summed E-state index contributed by atoms with van der Waals surface area (Å²) in [7, 11) is -3.45. The van der Waals surface area contributed by atoms with Crippen LogP contribution in [0.25, 0.3) is 0 Å². The second-order valence-corrected chi connectivity index (χ2v) is 7.02. The molecule has 1 rings (SSSR count). The largest absolute Gasteiger partial charge is 0.357 e. The maximum absolute atomic E-state index is 12.0. The lowest BCUT2D eigenvalue weighted by atomic mass is 10.2. The Bertz CT molecular complexity index is 562. The highest BCUT2D eigenvalue weighted by atomic mass is 127. The first kappa shape index (κ1) is 22.1. The van der Waals surface area contributed by atoms with Crippen molar-refractivity contribution in [3.63, 3.8) is 0 Å². The highest BCUT2D eigenvalue weighted by Gasteiger charge is 2.11. The van der Waals surface area contributed by atoms with Gasteiger partial charge in [0.15, 0.2) is 5.96 Å². The Morgan fingerprint density at radius 1 is 1.13 bits per heavy atom.